The molecule has 0 bridgehead atoms. The first kappa shape index (κ1) is 12.2. The van der Waals surface area contributed by atoms with Gasteiger partial charge in [0.25, 0.3) is 0 Å². The highest BCUT2D eigenvalue weighted by Crippen LogP contribution is 2.19. The van der Waals surface area contributed by atoms with E-state index < -0.39 is 0 Å². The molecule has 5 heteroatoms. The summed E-state index contributed by atoms with van der Waals surface area (Å²) in [5, 5.41) is 3.58. The van der Waals surface area contributed by atoms with Gasteiger partial charge in [0.2, 0.25) is 5.91 Å². The molecule has 0 radical (unpaired) electrons. The van der Waals surface area contributed by atoms with Gasteiger partial charge in [-0.15, -0.1) is 0 Å². The van der Waals surface area contributed by atoms with Crippen LogP contribution in [0.1, 0.15) is 0 Å². The Morgan fingerprint density at radius 2 is 2.17 bits per heavy atom. The Balaban J connectivity index is 2.29. The van der Waals surface area contributed by atoms with Gasteiger partial charge in [-0.25, -0.2) is 4.98 Å². The van der Waals surface area contributed by atoms with Gasteiger partial charge in [-0.1, -0.05) is 0 Å². The number of fused-ring (bicyclic) bond motifs is 1. The molecule has 0 aliphatic rings. The van der Waals surface area contributed by atoms with E-state index in [1.807, 2.05) is 37.4 Å². The Hall–Kier alpha value is -2.30. The van der Waals surface area contributed by atoms with Crippen LogP contribution in [0.5, 0.6) is 0 Å². The molecule has 0 atom stereocenters. The number of hydrogen-bond acceptors (Lipinski definition) is 4. The highest BCUT2D eigenvalue weighted by Gasteiger charge is 2.07. The second-order valence-electron chi connectivity index (χ2n) is 4.15. The van der Waals surface area contributed by atoms with Crippen molar-refractivity contribution in [3.63, 3.8) is 0 Å². The van der Waals surface area contributed by atoms with E-state index in [9.17, 15) is 4.79 Å². The number of nitrogens with zero attached hydrogens (tertiary/aromatic N) is 2. The maximum absolute atomic E-state index is 11.3. The van der Waals surface area contributed by atoms with Gasteiger partial charge in [0.15, 0.2) is 0 Å². The maximum Gasteiger partial charge on any atom is 0.239 e. The normalized spacial score (nSPS) is 10.3. The summed E-state index contributed by atoms with van der Waals surface area (Å²) in [5.74, 6) is 0.715. The van der Waals surface area contributed by atoms with Gasteiger partial charge in [-0.05, 0) is 30.3 Å². The molecule has 0 aliphatic heterocycles. The van der Waals surface area contributed by atoms with Crippen LogP contribution in [0.3, 0.4) is 0 Å². The third-order valence-corrected chi connectivity index (χ3v) is 2.75. The summed E-state index contributed by atoms with van der Waals surface area (Å²) in [7, 11) is 3.45. The monoisotopic (exact) mass is 244 g/mol. The van der Waals surface area contributed by atoms with E-state index in [0.29, 0.717) is 0 Å². The van der Waals surface area contributed by atoms with Crippen molar-refractivity contribution in [1.82, 2.24) is 10.3 Å². The number of rotatable bonds is 3. The maximum atomic E-state index is 11.3. The minimum atomic E-state index is -0.0447. The van der Waals surface area contributed by atoms with Gasteiger partial charge >= 0.3 is 0 Å². The van der Waals surface area contributed by atoms with Crippen LogP contribution < -0.4 is 16.0 Å². The van der Waals surface area contributed by atoms with Crippen LogP contribution in [-0.4, -0.2) is 31.5 Å². The zero-order chi connectivity index (χ0) is 13.1. The lowest BCUT2D eigenvalue weighted by Crippen LogP contribution is -2.33. The summed E-state index contributed by atoms with van der Waals surface area (Å²) in [5.41, 5.74) is 7.30. The molecule has 1 aromatic heterocycles. The first-order chi connectivity index (χ1) is 8.60. The SMILES string of the molecule is CNC(=O)CN(C)c1ccc2cc(N)ccc2n1. The van der Waals surface area contributed by atoms with Crippen LogP contribution in [0.25, 0.3) is 10.9 Å². The van der Waals surface area contributed by atoms with Crippen molar-refractivity contribution in [2.45, 2.75) is 0 Å². The van der Waals surface area contributed by atoms with E-state index in [4.69, 9.17) is 5.73 Å². The van der Waals surface area contributed by atoms with Crippen molar-refractivity contribution in [2.24, 2.45) is 0 Å². The predicted octanol–water partition coefficient (Wildman–Crippen LogP) is 0.999. The summed E-state index contributed by atoms with van der Waals surface area (Å²) >= 11 is 0. The van der Waals surface area contributed by atoms with Crippen LogP contribution in [-0.2, 0) is 4.79 Å². The molecule has 2 rings (SSSR count). The van der Waals surface area contributed by atoms with E-state index in [-0.39, 0.29) is 12.5 Å². The summed E-state index contributed by atoms with van der Waals surface area (Å²) in [6, 6.07) is 9.41. The van der Waals surface area contributed by atoms with E-state index >= 15 is 0 Å². The van der Waals surface area contributed by atoms with Crippen molar-refractivity contribution >= 4 is 28.3 Å². The Labute approximate surface area is 106 Å². The number of hydrogen-bond donors (Lipinski definition) is 2. The summed E-state index contributed by atoms with van der Waals surface area (Å²) < 4.78 is 0. The van der Waals surface area contributed by atoms with E-state index in [0.717, 1.165) is 22.4 Å². The van der Waals surface area contributed by atoms with Crippen molar-refractivity contribution in [1.29, 1.82) is 0 Å². The van der Waals surface area contributed by atoms with Gasteiger partial charge in [-0.3, -0.25) is 4.79 Å². The average molecular weight is 244 g/mol. The first-order valence-electron chi connectivity index (χ1n) is 5.68. The minimum Gasteiger partial charge on any atom is -0.399 e. The zero-order valence-corrected chi connectivity index (χ0v) is 10.5. The fourth-order valence-electron chi connectivity index (χ4n) is 1.72. The van der Waals surface area contributed by atoms with Gasteiger partial charge < -0.3 is 16.0 Å². The molecule has 94 valence electrons. The number of likely N-dealkylation sites (N-methyl/N-ethyl adjacent to an activating group) is 2. The fourth-order valence-corrected chi connectivity index (χ4v) is 1.72. The third-order valence-electron chi connectivity index (χ3n) is 2.75. The third kappa shape index (κ3) is 2.51. The Morgan fingerprint density at radius 3 is 2.89 bits per heavy atom. The molecule has 0 spiro atoms. The first-order valence-corrected chi connectivity index (χ1v) is 5.68. The number of pyridine rings is 1. The quantitative estimate of drug-likeness (QED) is 0.790. The molecule has 3 N–H and O–H groups in total. The summed E-state index contributed by atoms with van der Waals surface area (Å²) in [6.07, 6.45) is 0. The molecular weight excluding hydrogens is 228 g/mol. The molecule has 0 aliphatic carbocycles. The summed E-state index contributed by atoms with van der Waals surface area (Å²) in [4.78, 5) is 17.6. The average Bonchev–Trinajstić information content (AvgIpc) is 2.37. The van der Waals surface area contributed by atoms with E-state index in [1.54, 1.807) is 11.9 Å². The van der Waals surface area contributed by atoms with Crippen LogP contribution >= 0.6 is 0 Å². The number of amides is 1. The number of aromatic nitrogens is 1. The second kappa shape index (κ2) is 4.91. The molecule has 18 heavy (non-hydrogen) atoms. The standard InChI is InChI=1S/C13H16N4O/c1-15-13(18)8-17(2)12-6-3-9-7-10(14)4-5-11(9)16-12/h3-7H,8,14H2,1-2H3,(H,15,18). The number of carbonyl (C=O) groups is 1. The van der Waals surface area contributed by atoms with Crippen LogP contribution in [0.4, 0.5) is 11.5 Å². The minimum absolute atomic E-state index is 0.0447. The number of carbonyl (C=O) groups excluding carboxylic acids is 1. The van der Waals surface area contributed by atoms with Crippen molar-refractivity contribution in [3.8, 4) is 0 Å². The van der Waals surface area contributed by atoms with Gasteiger partial charge in [0.1, 0.15) is 5.82 Å². The molecule has 0 unspecified atom stereocenters. The molecule has 2 aromatic rings. The fraction of sp³-hybridized carbons (Fsp3) is 0.231. The molecule has 1 aromatic carbocycles. The van der Waals surface area contributed by atoms with Crippen molar-refractivity contribution in [2.75, 3.05) is 31.3 Å². The van der Waals surface area contributed by atoms with E-state index in [1.165, 1.54) is 0 Å². The predicted molar refractivity (Wildman–Crippen MR) is 73.5 cm³/mol. The summed E-state index contributed by atoms with van der Waals surface area (Å²) in [6.45, 7) is 0.282. The Bertz CT molecular complexity index is 582. The van der Waals surface area contributed by atoms with Crippen LogP contribution in [0.2, 0.25) is 0 Å². The Kier molecular flexibility index (Phi) is 3.32. The van der Waals surface area contributed by atoms with Gasteiger partial charge in [0.05, 0.1) is 12.1 Å². The zero-order valence-electron chi connectivity index (χ0n) is 10.5. The topological polar surface area (TPSA) is 71.2 Å². The second-order valence-corrected chi connectivity index (χ2v) is 4.15. The molecule has 1 heterocycles. The molecular formula is C13H16N4O. The van der Waals surface area contributed by atoms with E-state index in [2.05, 4.69) is 10.3 Å². The number of nitrogen functional groups attached to an aromatic ring is 1. The van der Waals surface area contributed by atoms with Crippen molar-refractivity contribution < 1.29 is 4.79 Å². The largest absolute Gasteiger partial charge is 0.399 e. The van der Waals surface area contributed by atoms with Crippen LogP contribution in [0, 0.1) is 0 Å². The smallest absolute Gasteiger partial charge is 0.239 e. The lowest BCUT2D eigenvalue weighted by atomic mass is 10.2. The van der Waals surface area contributed by atoms with Crippen LogP contribution in [0.15, 0.2) is 30.3 Å². The molecule has 0 saturated carbocycles. The van der Waals surface area contributed by atoms with Gasteiger partial charge in [0, 0.05) is 25.2 Å². The number of benzene rings is 1. The number of anilines is 2. The molecule has 5 nitrogen and oxygen atoms in total. The lowest BCUT2D eigenvalue weighted by Gasteiger charge is -2.17. The lowest BCUT2D eigenvalue weighted by molar-refractivity contribution is -0.119. The molecule has 0 fully saturated rings. The van der Waals surface area contributed by atoms with Gasteiger partial charge in [-0.2, -0.15) is 0 Å². The highest BCUT2D eigenvalue weighted by atomic mass is 16.1. The van der Waals surface area contributed by atoms with Crippen molar-refractivity contribution in [3.05, 3.63) is 30.3 Å². The number of nitrogens with one attached hydrogen (secondary N) is 1. The number of nitrogens with two attached hydrogens (primary N) is 1. The molecule has 0 saturated heterocycles. The Morgan fingerprint density at radius 1 is 1.39 bits per heavy atom. The highest BCUT2D eigenvalue weighted by molar-refractivity contribution is 5.84. The molecule has 1 amide bonds.